The highest BCUT2D eigenvalue weighted by atomic mass is 35.5. The first kappa shape index (κ1) is 12.2. The third-order valence-electron chi connectivity index (χ3n) is 3.39. The van der Waals surface area contributed by atoms with Crippen molar-refractivity contribution in [3.63, 3.8) is 0 Å². The summed E-state index contributed by atoms with van der Waals surface area (Å²) in [6, 6.07) is 0.583. The normalized spacial score (nSPS) is 38.6. The first-order valence-electron chi connectivity index (χ1n) is 5.39. The number of ether oxygens (including phenoxy) is 1. The van der Waals surface area contributed by atoms with Gasteiger partial charge in [-0.25, -0.2) is 0 Å². The van der Waals surface area contributed by atoms with Crippen LogP contribution in [0.3, 0.4) is 0 Å². The van der Waals surface area contributed by atoms with Gasteiger partial charge < -0.3 is 4.74 Å². The van der Waals surface area contributed by atoms with Crippen LogP contribution < -0.4 is 5.32 Å². The number of rotatable bonds is 2. The van der Waals surface area contributed by atoms with E-state index in [-0.39, 0.29) is 18.1 Å². The molecule has 0 bridgehead atoms. The fraction of sp³-hybridized carbons (Fsp3) is 1.00. The van der Waals surface area contributed by atoms with Crippen LogP contribution in [0.15, 0.2) is 0 Å². The molecule has 2 aliphatic rings. The van der Waals surface area contributed by atoms with Crippen molar-refractivity contribution in [2.45, 2.75) is 38.5 Å². The van der Waals surface area contributed by atoms with Gasteiger partial charge in [0.2, 0.25) is 0 Å². The highest BCUT2D eigenvalue weighted by molar-refractivity contribution is 5.85. The highest BCUT2D eigenvalue weighted by Crippen LogP contribution is 2.29. The van der Waals surface area contributed by atoms with Gasteiger partial charge in [0.25, 0.3) is 0 Å². The minimum atomic E-state index is -0.0769. The highest BCUT2D eigenvalue weighted by Gasteiger charge is 2.42. The molecule has 1 N–H and O–H groups in total. The molecule has 2 heterocycles. The molecule has 0 aromatic heterocycles. The molecule has 0 aromatic carbocycles. The molecule has 2 aliphatic heterocycles. The van der Waals surface area contributed by atoms with Gasteiger partial charge in [0.05, 0.1) is 12.6 Å². The van der Waals surface area contributed by atoms with Crippen LogP contribution in [0.5, 0.6) is 0 Å². The summed E-state index contributed by atoms with van der Waals surface area (Å²) in [5, 5.41) is 3.48. The van der Waals surface area contributed by atoms with Crippen LogP contribution >= 0.6 is 12.4 Å². The van der Waals surface area contributed by atoms with Gasteiger partial charge in [0, 0.05) is 6.54 Å². The summed E-state index contributed by atoms with van der Waals surface area (Å²) in [6.07, 6.45) is 2.59. The lowest BCUT2D eigenvalue weighted by atomic mass is 10.0. The molecule has 0 spiro atoms. The zero-order chi connectivity index (χ0) is 9.31. The Morgan fingerprint density at radius 2 is 2.36 bits per heavy atom. The van der Waals surface area contributed by atoms with E-state index in [0.717, 1.165) is 19.7 Å². The van der Waals surface area contributed by atoms with E-state index in [1.165, 1.54) is 19.4 Å². The lowest BCUT2D eigenvalue weighted by Crippen LogP contribution is -2.54. The fourth-order valence-electron chi connectivity index (χ4n) is 2.66. The summed E-state index contributed by atoms with van der Waals surface area (Å²) in [4.78, 5) is 2.53. The van der Waals surface area contributed by atoms with Crippen LogP contribution in [0.1, 0.15) is 26.7 Å². The SMILES string of the molecule is CCN1CCCC1C1(C)NCCO1.Cl. The molecule has 3 nitrogen and oxygen atoms in total. The number of likely N-dealkylation sites (N-methyl/N-ethyl adjacent to an activating group) is 1. The van der Waals surface area contributed by atoms with Crippen LogP contribution in [0.25, 0.3) is 0 Å². The predicted octanol–water partition coefficient (Wildman–Crippen LogP) is 1.23. The van der Waals surface area contributed by atoms with Crippen molar-refractivity contribution in [3.05, 3.63) is 0 Å². The van der Waals surface area contributed by atoms with Crippen molar-refractivity contribution in [2.75, 3.05) is 26.2 Å². The van der Waals surface area contributed by atoms with Gasteiger partial charge >= 0.3 is 0 Å². The van der Waals surface area contributed by atoms with E-state index in [1.54, 1.807) is 0 Å². The Hall–Kier alpha value is 0.170. The number of likely N-dealkylation sites (tertiary alicyclic amines) is 1. The van der Waals surface area contributed by atoms with Gasteiger partial charge in [-0.3, -0.25) is 10.2 Å². The summed E-state index contributed by atoms with van der Waals surface area (Å²) in [7, 11) is 0. The fourth-order valence-corrected chi connectivity index (χ4v) is 2.66. The molecule has 0 aliphatic carbocycles. The molecule has 2 rings (SSSR count). The van der Waals surface area contributed by atoms with Gasteiger partial charge in [-0.1, -0.05) is 6.92 Å². The van der Waals surface area contributed by atoms with E-state index in [0.29, 0.717) is 6.04 Å². The van der Waals surface area contributed by atoms with Gasteiger partial charge in [0.15, 0.2) is 0 Å². The van der Waals surface area contributed by atoms with Crippen molar-refractivity contribution in [1.82, 2.24) is 10.2 Å². The monoisotopic (exact) mass is 220 g/mol. The molecule has 2 unspecified atom stereocenters. The number of halogens is 1. The average molecular weight is 221 g/mol. The molecule has 0 saturated carbocycles. The smallest absolute Gasteiger partial charge is 0.132 e. The van der Waals surface area contributed by atoms with E-state index in [1.807, 2.05) is 0 Å². The van der Waals surface area contributed by atoms with Crippen molar-refractivity contribution in [2.24, 2.45) is 0 Å². The molecule has 2 atom stereocenters. The van der Waals surface area contributed by atoms with E-state index in [2.05, 4.69) is 24.1 Å². The Kier molecular flexibility index (Phi) is 4.19. The number of nitrogens with zero attached hydrogens (tertiary/aromatic N) is 1. The molecule has 2 saturated heterocycles. The standard InChI is InChI=1S/C10H20N2O.ClH/c1-3-12-7-4-5-9(12)10(2)11-6-8-13-10;/h9,11H,3-8H2,1-2H3;1H. The molecule has 4 heteroatoms. The summed E-state index contributed by atoms with van der Waals surface area (Å²) >= 11 is 0. The van der Waals surface area contributed by atoms with Gasteiger partial charge in [-0.15, -0.1) is 12.4 Å². The third kappa shape index (κ3) is 2.06. The van der Waals surface area contributed by atoms with Gasteiger partial charge in [-0.2, -0.15) is 0 Å². The Balaban J connectivity index is 0.000000980. The van der Waals surface area contributed by atoms with Crippen LogP contribution in [-0.2, 0) is 4.74 Å². The molecular weight excluding hydrogens is 200 g/mol. The van der Waals surface area contributed by atoms with Crippen LogP contribution in [0, 0.1) is 0 Å². The predicted molar refractivity (Wildman–Crippen MR) is 59.9 cm³/mol. The maximum Gasteiger partial charge on any atom is 0.132 e. The van der Waals surface area contributed by atoms with E-state index >= 15 is 0 Å². The zero-order valence-corrected chi connectivity index (χ0v) is 9.90. The molecule has 84 valence electrons. The minimum absolute atomic E-state index is 0. The molecule has 2 fully saturated rings. The Bertz CT molecular complexity index is 183. The Morgan fingerprint density at radius 3 is 2.93 bits per heavy atom. The van der Waals surface area contributed by atoms with Crippen molar-refractivity contribution < 1.29 is 4.74 Å². The van der Waals surface area contributed by atoms with Crippen molar-refractivity contribution in [1.29, 1.82) is 0 Å². The maximum absolute atomic E-state index is 5.80. The first-order chi connectivity index (χ1) is 6.26. The number of hydrogen-bond acceptors (Lipinski definition) is 3. The summed E-state index contributed by atoms with van der Waals surface area (Å²) < 4.78 is 5.80. The molecular formula is C10H21ClN2O. The van der Waals surface area contributed by atoms with Gasteiger partial charge in [-0.05, 0) is 32.9 Å². The molecule has 0 aromatic rings. The lowest BCUT2D eigenvalue weighted by molar-refractivity contribution is -0.0526. The third-order valence-corrected chi connectivity index (χ3v) is 3.39. The number of hydrogen-bond donors (Lipinski definition) is 1. The van der Waals surface area contributed by atoms with E-state index < -0.39 is 0 Å². The van der Waals surface area contributed by atoms with Crippen molar-refractivity contribution >= 4 is 12.4 Å². The van der Waals surface area contributed by atoms with E-state index in [9.17, 15) is 0 Å². The van der Waals surface area contributed by atoms with Crippen LogP contribution in [0.4, 0.5) is 0 Å². The average Bonchev–Trinajstić information content (AvgIpc) is 2.72. The first-order valence-corrected chi connectivity index (χ1v) is 5.39. The Labute approximate surface area is 92.6 Å². The second-order valence-electron chi connectivity index (χ2n) is 4.17. The summed E-state index contributed by atoms with van der Waals surface area (Å²) in [6.45, 7) is 8.68. The largest absolute Gasteiger partial charge is 0.358 e. The molecule has 0 radical (unpaired) electrons. The zero-order valence-electron chi connectivity index (χ0n) is 9.08. The minimum Gasteiger partial charge on any atom is -0.358 e. The second kappa shape index (κ2) is 4.79. The topological polar surface area (TPSA) is 24.5 Å². The molecule has 0 amide bonds. The van der Waals surface area contributed by atoms with Crippen molar-refractivity contribution in [3.8, 4) is 0 Å². The van der Waals surface area contributed by atoms with Gasteiger partial charge in [0.1, 0.15) is 5.72 Å². The number of nitrogens with one attached hydrogen (secondary N) is 1. The lowest BCUT2D eigenvalue weighted by Gasteiger charge is -2.36. The quantitative estimate of drug-likeness (QED) is 0.758. The Morgan fingerprint density at radius 1 is 1.57 bits per heavy atom. The van der Waals surface area contributed by atoms with E-state index in [4.69, 9.17) is 4.74 Å². The molecule has 14 heavy (non-hydrogen) atoms. The second-order valence-corrected chi connectivity index (χ2v) is 4.17. The van der Waals surface area contributed by atoms with Crippen LogP contribution in [0.2, 0.25) is 0 Å². The van der Waals surface area contributed by atoms with Crippen LogP contribution in [-0.4, -0.2) is 42.9 Å². The summed E-state index contributed by atoms with van der Waals surface area (Å²) in [5.74, 6) is 0. The summed E-state index contributed by atoms with van der Waals surface area (Å²) in [5.41, 5.74) is -0.0769. The maximum atomic E-state index is 5.80.